The molecule has 0 radical (unpaired) electrons. The number of carbonyl (C=O) groups is 4. The molecule has 3 aliphatic carbocycles. The Morgan fingerprint density at radius 3 is 2.50 bits per heavy atom. The third-order valence-corrected chi connectivity index (χ3v) is 11.9. The van der Waals surface area contributed by atoms with E-state index < -0.39 is 30.0 Å². The fourth-order valence-electron chi connectivity index (χ4n) is 8.76. The Labute approximate surface area is 315 Å². The molecule has 1 aromatic rings. The second-order valence-electron chi connectivity index (χ2n) is 15.2. The maximum atomic E-state index is 13.8. The SMILES string of the molecule is CCCCCC(CCC1C(O)CC2Cc3c(cccc3OCC(=O)O)CC21)OC(=O)C1CCCCC1C(=O)NC(CN)C(=O)NCCCCCCS. The Balaban J connectivity index is 1.35. The first-order valence-corrected chi connectivity index (χ1v) is 20.5. The number of aliphatic carboxylic acids is 1. The third kappa shape index (κ3) is 12.1. The summed E-state index contributed by atoms with van der Waals surface area (Å²) in [6.07, 6.45) is 13.3. The molecule has 2 amide bonds. The number of carboxylic acid groups (broad SMARTS) is 1. The minimum Gasteiger partial charge on any atom is -0.482 e. The van der Waals surface area contributed by atoms with Crippen LogP contribution in [0.25, 0.3) is 0 Å². The molecule has 52 heavy (non-hydrogen) atoms. The van der Waals surface area contributed by atoms with Gasteiger partial charge in [-0.25, -0.2) is 4.79 Å². The van der Waals surface area contributed by atoms with Crippen molar-refractivity contribution < 1.29 is 38.9 Å². The zero-order valence-electron chi connectivity index (χ0n) is 31.1. The van der Waals surface area contributed by atoms with E-state index in [0.717, 1.165) is 100 Å². The minimum atomic E-state index is -1.01. The molecule has 0 saturated heterocycles. The number of aliphatic hydroxyl groups is 1. The van der Waals surface area contributed by atoms with Crippen molar-refractivity contribution in [3.63, 3.8) is 0 Å². The second-order valence-corrected chi connectivity index (χ2v) is 15.7. The summed E-state index contributed by atoms with van der Waals surface area (Å²) < 4.78 is 11.9. The maximum Gasteiger partial charge on any atom is 0.341 e. The van der Waals surface area contributed by atoms with Crippen LogP contribution in [0.5, 0.6) is 5.75 Å². The molecule has 2 fully saturated rings. The molecular weight excluding hydrogens is 683 g/mol. The van der Waals surface area contributed by atoms with Crippen molar-refractivity contribution in [3.8, 4) is 5.75 Å². The smallest absolute Gasteiger partial charge is 0.341 e. The van der Waals surface area contributed by atoms with Crippen LogP contribution in [0.4, 0.5) is 0 Å². The lowest BCUT2D eigenvalue weighted by Gasteiger charge is -2.33. The molecule has 6 N–H and O–H groups in total. The average molecular weight is 746 g/mol. The molecule has 0 heterocycles. The first kappa shape index (κ1) is 41.9. The Morgan fingerprint density at radius 1 is 1.00 bits per heavy atom. The van der Waals surface area contributed by atoms with Crippen molar-refractivity contribution in [1.82, 2.24) is 10.6 Å². The van der Waals surface area contributed by atoms with Gasteiger partial charge in [0.05, 0.1) is 17.9 Å². The molecule has 0 aliphatic heterocycles. The van der Waals surface area contributed by atoms with Gasteiger partial charge < -0.3 is 36.1 Å². The number of thiol groups is 1. The predicted molar refractivity (Wildman–Crippen MR) is 203 cm³/mol. The zero-order valence-corrected chi connectivity index (χ0v) is 32.0. The first-order valence-electron chi connectivity index (χ1n) is 19.9. The molecular formula is C40H63N3O8S. The normalized spacial score (nSPS) is 24.9. The summed E-state index contributed by atoms with van der Waals surface area (Å²) in [5.41, 5.74) is 8.10. The monoisotopic (exact) mass is 745 g/mol. The molecule has 1 aromatic carbocycles. The number of nitrogens with one attached hydrogen (secondary N) is 2. The predicted octanol–water partition coefficient (Wildman–Crippen LogP) is 4.99. The number of amides is 2. The van der Waals surface area contributed by atoms with Crippen LogP contribution in [-0.2, 0) is 36.8 Å². The number of aliphatic hydroxyl groups excluding tert-OH is 1. The highest BCUT2D eigenvalue weighted by molar-refractivity contribution is 7.80. The van der Waals surface area contributed by atoms with Gasteiger partial charge in [-0.05, 0) is 111 Å². The number of carboxylic acids is 1. The number of rotatable bonds is 22. The van der Waals surface area contributed by atoms with Gasteiger partial charge in [0, 0.05) is 13.1 Å². The van der Waals surface area contributed by atoms with Gasteiger partial charge in [0.15, 0.2) is 6.61 Å². The van der Waals surface area contributed by atoms with Crippen molar-refractivity contribution in [2.75, 3.05) is 25.4 Å². The van der Waals surface area contributed by atoms with Gasteiger partial charge in [0.25, 0.3) is 0 Å². The standard InChI is InChI=1S/C40H63N3O8S/c1-2-3-6-13-28(17-18-29-32-21-26-12-11-16-36(50-25-37(45)46)33(26)22-27(32)23-35(29)44)51-40(49)31-15-8-7-14-30(31)38(47)43-34(24-41)39(48)42-19-9-4-5-10-20-52/h11-12,16,27-32,34-35,44,52H,2-10,13-15,17-25,41H2,1H3,(H,42,48)(H,43,47)(H,45,46). The third-order valence-electron chi connectivity index (χ3n) is 11.6. The Kier molecular flexibility index (Phi) is 17.5. The van der Waals surface area contributed by atoms with Crippen LogP contribution >= 0.6 is 12.6 Å². The van der Waals surface area contributed by atoms with Crippen molar-refractivity contribution in [2.24, 2.45) is 35.3 Å². The lowest BCUT2D eigenvalue weighted by molar-refractivity contribution is -0.161. The molecule has 8 unspecified atom stereocenters. The van der Waals surface area contributed by atoms with Crippen molar-refractivity contribution in [1.29, 1.82) is 0 Å². The highest BCUT2D eigenvalue weighted by atomic mass is 32.1. The number of unbranched alkanes of at least 4 members (excludes halogenated alkanes) is 5. The number of nitrogens with two attached hydrogens (primary N) is 1. The summed E-state index contributed by atoms with van der Waals surface area (Å²) in [6.45, 7) is 2.24. The summed E-state index contributed by atoms with van der Waals surface area (Å²) >= 11 is 4.23. The lowest BCUT2D eigenvalue weighted by Crippen LogP contribution is -2.53. The fourth-order valence-corrected chi connectivity index (χ4v) is 8.98. The Morgan fingerprint density at radius 2 is 1.77 bits per heavy atom. The second kappa shape index (κ2) is 21.8. The zero-order chi connectivity index (χ0) is 37.5. The maximum absolute atomic E-state index is 13.8. The van der Waals surface area contributed by atoms with Crippen LogP contribution in [0.3, 0.4) is 0 Å². The highest BCUT2D eigenvalue weighted by Gasteiger charge is 2.45. The molecule has 0 bridgehead atoms. The summed E-state index contributed by atoms with van der Waals surface area (Å²) in [4.78, 5) is 51.3. The van der Waals surface area contributed by atoms with Crippen LogP contribution in [-0.4, -0.2) is 77.7 Å². The van der Waals surface area contributed by atoms with Gasteiger partial charge in [0.1, 0.15) is 17.9 Å². The number of hydrogen-bond donors (Lipinski definition) is 6. The quantitative estimate of drug-likeness (QED) is 0.0543. The number of esters is 1. The van der Waals surface area contributed by atoms with E-state index in [9.17, 15) is 24.3 Å². The van der Waals surface area contributed by atoms with Crippen molar-refractivity contribution in [2.45, 2.75) is 134 Å². The van der Waals surface area contributed by atoms with Crippen LogP contribution in [0.15, 0.2) is 18.2 Å². The van der Waals surface area contributed by atoms with Gasteiger partial charge in [-0.2, -0.15) is 12.6 Å². The van der Waals surface area contributed by atoms with Gasteiger partial charge in [-0.1, -0.05) is 57.6 Å². The van der Waals surface area contributed by atoms with E-state index in [-0.39, 0.29) is 54.8 Å². The van der Waals surface area contributed by atoms with Crippen LogP contribution in [0.2, 0.25) is 0 Å². The average Bonchev–Trinajstić information content (AvgIpc) is 3.45. The Hall–Kier alpha value is -2.83. The number of carbonyl (C=O) groups excluding carboxylic acids is 3. The van der Waals surface area contributed by atoms with Gasteiger partial charge >= 0.3 is 11.9 Å². The van der Waals surface area contributed by atoms with E-state index >= 15 is 0 Å². The summed E-state index contributed by atoms with van der Waals surface area (Å²) in [6, 6.07) is 4.94. The van der Waals surface area contributed by atoms with Gasteiger partial charge in [-0.15, -0.1) is 0 Å². The summed E-state index contributed by atoms with van der Waals surface area (Å²) in [5.74, 6) is -1.07. The van der Waals surface area contributed by atoms with Crippen molar-refractivity contribution in [3.05, 3.63) is 29.3 Å². The van der Waals surface area contributed by atoms with Crippen LogP contribution < -0.4 is 21.1 Å². The van der Waals surface area contributed by atoms with Crippen LogP contribution in [0, 0.1) is 29.6 Å². The van der Waals surface area contributed by atoms with E-state index in [0.29, 0.717) is 38.0 Å². The van der Waals surface area contributed by atoms with E-state index in [1.807, 2.05) is 12.1 Å². The number of fused-ring (bicyclic) bond motifs is 2. The number of hydrogen-bond acceptors (Lipinski definition) is 9. The van der Waals surface area contributed by atoms with E-state index in [4.69, 9.17) is 20.3 Å². The molecule has 0 spiro atoms. The van der Waals surface area contributed by atoms with E-state index in [2.05, 4.69) is 36.3 Å². The van der Waals surface area contributed by atoms with Crippen LogP contribution in [0.1, 0.15) is 114 Å². The number of benzene rings is 1. The molecule has 2 saturated carbocycles. The molecule has 8 atom stereocenters. The summed E-state index contributed by atoms with van der Waals surface area (Å²) in [5, 5.41) is 26.1. The lowest BCUT2D eigenvalue weighted by atomic mass is 9.73. The largest absolute Gasteiger partial charge is 0.482 e. The molecule has 4 rings (SSSR count). The number of ether oxygens (including phenoxy) is 2. The van der Waals surface area contributed by atoms with Gasteiger partial charge in [-0.3, -0.25) is 14.4 Å². The minimum absolute atomic E-state index is 0.0291. The molecule has 3 aliphatic rings. The molecule has 12 heteroatoms. The summed E-state index contributed by atoms with van der Waals surface area (Å²) in [7, 11) is 0. The molecule has 11 nitrogen and oxygen atoms in total. The fraction of sp³-hybridized carbons (Fsp3) is 0.750. The Bertz CT molecular complexity index is 1310. The van der Waals surface area contributed by atoms with E-state index in [1.54, 1.807) is 0 Å². The molecule has 0 aromatic heterocycles. The topological polar surface area (TPSA) is 177 Å². The van der Waals surface area contributed by atoms with Crippen molar-refractivity contribution >= 4 is 36.4 Å². The highest BCUT2D eigenvalue weighted by Crippen LogP contribution is 2.48. The van der Waals surface area contributed by atoms with Gasteiger partial charge in [0.2, 0.25) is 11.8 Å². The van der Waals surface area contributed by atoms with E-state index in [1.165, 1.54) is 0 Å². The molecule has 292 valence electrons. The first-order chi connectivity index (χ1) is 25.2.